The van der Waals surface area contributed by atoms with E-state index in [9.17, 15) is 4.57 Å². The molecule has 0 amide bonds. The Morgan fingerprint density at radius 1 is 1.57 bits per heavy atom. The van der Waals surface area contributed by atoms with Crippen LogP contribution in [0.1, 0.15) is 0 Å². The number of phosphoric acid groups is 1. The standard InChI is InChI=1S/K.H3O4PS.H/c;1-5(2,3)4-6;/h;6H,(H2,1,2,3);. The van der Waals surface area contributed by atoms with Crippen molar-refractivity contribution < 1.29 is 18.3 Å². The van der Waals surface area contributed by atoms with Crippen molar-refractivity contribution in [1.82, 2.24) is 0 Å². The van der Waals surface area contributed by atoms with Crippen LogP contribution in [-0.2, 0) is 8.54 Å². The van der Waals surface area contributed by atoms with Crippen molar-refractivity contribution in [2.75, 3.05) is 0 Å². The van der Waals surface area contributed by atoms with E-state index >= 15 is 0 Å². The minimum absolute atomic E-state index is 0. The third kappa shape index (κ3) is 11.6. The van der Waals surface area contributed by atoms with Crippen LogP contribution in [0.25, 0.3) is 0 Å². The Kier molecular flexibility index (Phi) is 8.33. The molecule has 40 valence electrons. The van der Waals surface area contributed by atoms with E-state index in [2.05, 4.69) is 16.9 Å². The molecule has 0 aliphatic carbocycles. The summed E-state index contributed by atoms with van der Waals surface area (Å²) in [4.78, 5) is 15.3. The molecule has 0 heterocycles. The molecule has 0 aromatic heterocycles. The molecule has 4 nitrogen and oxygen atoms in total. The van der Waals surface area contributed by atoms with E-state index in [4.69, 9.17) is 9.79 Å². The van der Waals surface area contributed by atoms with Crippen LogP contribution in [-0.4, -0.2) is 61.2 Å². The zero-order valence-corrected chi connectivity index (χ0v) is 4.39. The van der Waals surface area contributed by atoms with Crippen LogP contribution >= 0.6 is 20.7 Å². The van der Waals surface area contributed by atoms with Crippen molar-refractivity contribution in [3.05, 3.63) is 0 Å². The van der Waals surface area contributed by atoms with Crippen LogP contribution in [0, 0.1) is 0 Å². The molecule has 0 saturated heterocycles. The molecular formula is H4KO4PS. The third-order valence-electron chi connectivity index (χ3n) is 0.106. The molecule has 7 heavy (non-hydrogen) atoms. The summed E-state index contributed by atoms with van der Waals surface area (Å²) < 4.78 is 12.7. The summed E-state index contributed by atoms with van der Waals surface area (Å²) in [5.74, 6) is 0. The van der Waals surface area contributed by atoms with E-state index in [-0.39, 0.29) is 51.4 Å². The van der Waals surface area contributed by atoms with Gasteiger partial charge in [0.15, 0.2) is 0 Å². The van der Waals surface area contributed by atoms with Gasteiger partial charge in [0.05, 0.1) is 0 Å². The van der Waals surface area contributed by atoms with E-state index in [0.29, 0.717) is 0 Å². The molecule has 0 aliphatic heterocycles. The van der Waals surface area contributed by atoms with Crippen LogP contribution < -0.4 is 0 Å². The van der Waals surface area contributed by atoms with Crippen molar-refractivity contribution >= 4 is 72.1 Å². The van der Waals surface area contributed by atoms with E-state index in [0.717, 1.165) is 0 Å². The fourth-order valence-electron chi connectivity index (χ4n) is 0. The Balaban J connectivity index is 0. The Morgan fingerprint density at radius 3 is 1.71 bits per heavy atom. The van der Waals surface area contributed by atoms with Crippen molar-refractivity contribution in [2.45, 2.75) is 0 Å². The van der Waals surface area contributed by atoms with Gasteiger partial charge in [-0.25, -0.2) is 8.54 Å². The molecule has 0 aromatic rings. The first-order valence-corrected chi connectivity index (χ1v) is 2.84. The van der Waals surface area contributed by atoms with Crippen LogP contribution in [0.5, 0.6) is 0 Å². The fourth-order valence-corrected chi connectivity index (χ4v) is 0. The Hall–Kier alpha value is 2.10. The molecule has 0 spiro atoms. The monoisotopic (exact) mass is 170 g/mol. The first-order valence-electron chi connectivity index (χ1n) is 0.948. The quantitative estimate of drug-likeness (QED) is 0.210. The molecular weight excluding hydrogens is 166 g/mol. The number of hydrogen-bond acceptors (Lipinski definition) is 3. The Morgan fingerprint density at radius 2 is 1.71 bits per heavy atom. The van der Waals surface area contributed by atoms with Gasteiger partial charge in [-0.2, -0.15) is 0 Å². The summed E-state index contributed by atoms with van der Waals surface area (Å²) in [5, 5.41) is 0. The number of thiol groups is 1. The molecule has 0 saturated carbocycles. The van der Waals surface area contributed by atoms with E-state index < -0.39 is 7.82 Å². The van der Waals surface area contributed by atoms with Crippen LogP contribution in [0.15, 0.2) is 0 Å². The minimum atomic E-state index is -4.28. The van der Waals surface area contributed by atoms with Gasteiger partial charge in [-0.1, -0.05) is 0 Å². The molecule has 0 atom stereocenters. The average Bonchev–Trinajstić information content (AvgIpc) is 1.35. The molecule has 0 fully saturated rings. The average molecular weight is 170 g/mol. The van der Waals surface area contributed by atoms with Crippen LogP contribution in [0.2, 0.25) is 0 Å². The first kappa shape index (κ1) is 11.8. The maximum absolute atomic E-state index is 9.40. The van der Waals surface area contributed by atoms with Crippen LogP contribution in [0.4, 0.5) is 0 Å². The second-order valence-electron chi connectivity index (χ2n) is 0.572. The van der Waals surface area contributed by atoms with Gasteiger partial charge < -0.3 is 9.79 Å². The van der Waals surface area contributed by atoms with Crippen molar-refractivity contribution in [2.24, 2.45) is 0 Å². The van der Waals surface area contributed by atoms with Gasteiger partial charge in [-0.05, 0) is 12.9 Å². The zero-order valence-electron chi connectivity index (χ0n) is 2.61. The van der Waals surface area contributed by atoms with E-state index in [1.54, 1.807) is 0 Å². The second-order valence-corrected chi connectivity index (χ2v) is 2.21. The summed E-state index contributed by atoms with van der Waals surface area (Å²) >= 11 is 2.84. The second kappa shape index (κ2) is 4.93. The molecule has 2 N–H and O–H groups in total. The molecule has 0 aromatic carbocycles. The summed E-state index contributed by atoms with van der Waals surface area (Å²) in [5.41, 5.74) is 0. The van der Waals surface area contributed by atoms with Crippen molar-refractivity contribution in [3.63, 3.8) is 0 Å². The topological polar surface area (TPSA) is 66.8 Å². The summed E-state index contributed by atoms with van der Waals surface area (Å²) in [6.07, 6.45) is 0. The van der Waals surface area contributed by atoms with E-state index in [1.165, 1.54) is 0 Å². The number of hydrogen-bond donors (Lipinski definition) is 3. The van der Waals surface area contributed by atoms with Gasteiger partial charge in [-0.15, -0.1) is 0 Å². The fraction of sp³-hybridized carbons (Fsp3) is 0. The normalized spacial score (nSPS) is 10.1. The third-order valence-corrected chi connectivity index (χ3v) is 0.957. The summed E-state index contributed by atoms with van der Waals surface area (Å²) in [7, 11) is -4.28. The summed E-state index contributed by atoms with van der Waals surface area (Å²) in [6, 6.07) is 0. The first-order chi connectivity index (χ1) is 2.56. The SMILES string of the molecule is O=P(O)(O)OS.[KH]. The zero-order chi connectivity index (χ0) is 5.21. The van der Waals surface area contributed by atoms with Gasteiger partial charge in [-0.3, -0.25) is 0 Å². The van der Waals surface area contributed by atoms with Gasteiger partial charge in [0.2, 0.25) is 0 Å². The van der Waals surface area contributed by atoms with Crippen molar-refractivity contribution in [3.8, 4) is 0 Å². The van der Waals surface area contributed by atoms with Crippen molar-refractivity contribution in [1.29, 1.82) is 0 Å². The van der Waals surface area contributed by atoms with E-state index in [1.807, 2.05) is 0 Å². The molecule has 0 radical (unpaired) electrons. The van der Waals surface area contributed by atoms with Gasteiger partial charge in [0.25, 0.3) is 0 Å². The number of rotatable bonds is 1. The summed E-state index contributed by atoms with van der Waals surface area (Å²) in [6.45, 7) is 0. The molecule has 7 heteroatoms. The van der Waals surface area contributed by atoms with Gasteiger partial charge in [0.1, 0.15) is 0 Å². The Bertz CT molecular complexity index is 75.8. The maximum atomic E-state index is 9.40. The molecule has 0 bridgehead atoms. The predicted octanol–water partition coefficient (Wildman–Crippen LogP) is -0.708. The van der Waals surface area contributed by atoms with Gasteiger partial charge in [0, 0.05) is 0 Å². The Labute approximate surface area is 88.9 Å². The molecule has 0 aliphatic rings. The molecule has 0 unspecified atom stereocenters. The van der Waals surface area contributed by atoms with Gasteiger partial charge >= 0.3 is 59.2 Å². The predicted molar refractivity (Wildman–Crippen MR) is 29.3 cm³/mol. The van der Waals surface area contributed by atoms with Crippen LogP contribution in [0.3, 0.4) is 0 Å². The molecule has 0 rings (SSSR count).